The molecule has 0 atom stereocenters. The maximum atomic E-state index is 14.1. The van der Waals surface area contributed by atoms with Crippen LogP contribution in [-0.2, 0) is 27.0 Å². The molecule has 0 aliphatic rings. The molecule has 0 bridgehead atoms. The number of amides is 1. The van der Waals surface area contributed by atoms with Crippen molar-refractivity contribution in [3.8, 4) is 11.1 Å². The van der Waals surface area contributed by atoms with Crippen molar-refractivity contribution in [1.29, 1.82) is 0 Å². The van der Waals surface area contributed by atoms with E-state index < -0.39 is 61.2 Å². The fourth-order valence-electron chi connectivity index (χ4n) is 4.88. The molecule has 2 aromatic carbocycles. The van der Waals surface area contributed by atoms with Crippen LogP contribution in [-0.4, -0.2) is 51.2 Å². The van der Waals surface area contributed by atoms with Gasteiger partial charge in [-0.3, -0.25) is 4.79 Å². The van der Waals surface area contributed by atoms with Gasteiger partial charge < -0.3 is 19.3 Å². The maximum Gasteiger partial charge on any atom is 0.416 e. The Hall–Kier alpha value is -3.49. The van der Waals surface area contributed by atoms with E-state index in [4.69, 9.17) is 4.43 Å². The third-order valence-corrected chi connectivity index (χ3v) is 13.5. The lowest BCUT2D eigenvalue weighted by Crippen LogP contribution is -2.43. The van der Waals surface area contributed by atoms with Crippen LogP contribution in [0.25, 0.3) is 11.1 Å². The molecule has 14 heteroatoms. The Labute approximate surface area is 277 Å². The van der Waals surface area contributed by atoms with Crippen molar-refractivity contribution in [1.82, 2.24) is 4.98 Å². The molecule has 264 valence electrons. The first kappa shape index (κ1) is 39.0. The molecule has 0 saturated carbocycles. The van der Waals surface area contributed by atoms with Crippen molar-refractivity contribution in [2.24, 2.45) is 0 Å². The molecule has 3 aromatic rings. The first-order valence-corrected chi connectivity index (χ1v) is 18.1. The highest BCUT2D eigenvalue weighted by atomic mass is 28.4. The average Bonchev–Trinajstić information content (AvgIpc) is 2.96. The highest BCUT2D eigenvalue weighted by Crippen LogP contribution is 2.41. The van der Waals surface area contributed by atoms with Gasteiger partial charge in [0.15, 0.2) is 8.32 Å². The summed E-state index contributed by atoms with van der Waals surface area (Å²) in [6.45, 7) is 14.7. The first-order valence-electron chi connectivity index (χ1n) is 15.2. The minimum atomic E-state index is -5.09. The summed E-state index contributed by atoms with van der Waals surface area (Å²) in [4.78, 5) is 21.1. The Morgan fingerprint density at radius 2 is 1.42 bits per heavy atom. The number of aliphatic hydroxyl groups excluding tert-OH is 1. The molecule has 0 radical (unpaired) electrons. The van der Waals surface area contributed by atoms with E-state index >= 15 is 0 Å². The standard InChI is InChI=1S/C34H42F7N3O3Si/c1-21-14-25(35)10-11-26(21)27-18-29(44(20-45)12-13-47-48(8,9)31(2,3)4)42-19-28(27)43(7)30(46)32(5,6)22-15-23(33(36,37)38)17-24(16-22)34(39,40)41/h10-11,14-19,45H,12-13,20H2,1-9H3. The van der Waals surface area contributed by atoms with Crippen LogP contribution in [0.3, 0.4) is 0 Å². The van der Waals surface area contributed by atoms with Crippen molar-refractivity contribution < 1.29 is 45.1 Å². The number of pyridine rings is 1. The zero-order valence-corrected chi connectivity index (χ0v) is 29.5. The molecule has 1 amide bonds. The van der Waals surface area contributed by atoms with Gasteiger partial charge in [-0.25, -0.2) is 9.37 Å². The maximum absolute atomic E-state index is 14.1. The molecule has 0 saturated heterocycles. The average molecular weight is 702 g/mol. The highest BCUT2D eigenvalue weighted by Gasteiger charge is 2.41. The predicted molar refractivity (Wildman–Crippen MR) is 175 cm³/mol. The normalized spacial score (nSPS) is 13.1. The summed E-state index contributed by atoms with van der Waals surface area (Å²) in [6.07, 6.45) is -8.86. The van der Waals surface area contributed by atoms with E-state index in [0.29, 0.717) is 34.6 Å². The van der Waals surface area contributed by atoms with Gasteiger partial charge in [0.05, 0.1) is 35.0 Å². The number of rotatable bonds is 10. The van der Waals surface area contributed by atoms with Crippen LogP contribution in [0.2, 0.25) is 18.1 Å². The Morgan fingerprint density at radius 3 is 1.90 bits per heavy atom. The van der Waals surface area contributed by atoms with Gasteiger partial charge in [0.1, 0.15) is 18.4 Å². The number of carbonyl (C=O) groups excluding carboxylic acids is 1. The monoisotopic (exact) mass is 701 g/mol. The van der Waals surface area contributed by atoms with Gasteiger partial charge in [-0.1, -0.05) is 26.8 Å². The number of nitrogens with zero attached hydrogens (tertiary/aromatic N) is 3. The van der Waals surface area contributed by atoms with Crippen molar-refractivity contribution in [2.75, 3.05) is 36.7 Å². The number of aryl methyl sites for hydroxylation is 1. The molecule has 0 unspecified atom stereocenters. The smallest absolute Gasteiger partial charge is 0.415 e. The van der Waals surface area contributed by atoms with Gasteiger partial charge in [0.2, 0.25) is 5.91 Å². The Balaban J connectivity index is 2.11. The second-order valence-corrected chi connectivity index (χ2v) is 18.6. The number of hydrogen-bond donors (Lipinski definition) is 1. The van der Waals surface area contributed by atoms with Crippen LogP contribution < -0.4 is 9.80 Å². The van der Waals surface area contributed by atoms with Gasteiger partial charge in [0.25, 0.3) is 0 Å². The summed E-state index contributed by atoms with van der Waals surface area (Å²) in [5, 5.41) is 10.2. The van der Waals surface area contributed by atoms with Crippen molar-refractivity contribution >= 4 is 25.7 Å². The Morgan fingerprint density at radius 1 is 0.875 bits per heavy atom. The van der Waals surface area contributed by atoms with Crippen molar-refractivity contribution in [3.05, 3.63) is 76.7 Å². The summed E-state index contributed by atoms with van der Waals surface area (Å²) in [5.74, 6) is -1.04. The fourth-order valence-corrected chi connectivity index (χ4v) is 5.91. The lowest BCUT2D eigenvalue weighted by Gasteiger charge is -2.37. The van der Waals surface area contributed by atoms with Gasteiger partial charge in [0, 0.05) is 19.2 Å². The SMILES string of the molecule is Cc1cc(F)ccc1-c1cc(N(CO)CCO[Si](C)(C)C(C)(C)C)ncc1N(C)C(=O)C(C)(C)c1cc(C(F)(F)F)cc(C(F)(F)F)c1. The van der Waals surface area contributed by atoms with Crippen LogP contribution in [0.5, 0.6) is 0 Å². The molecular weight excluding hydrogens is 659 g/mol. The topological polar surface area (TPSA) is 65.9 Å². The van der Waals surface area contributed by atoms with Crippen LogP contribution >= 0.6 is 0 Å². The summed E-state index contributed by atoms with van der Waals surface area (Å²) < 4.78 is 102. The van der Waals surface area contributed by atoms with Crippen LogP contribution in [0.15, 0.2) is 48.7 Å². The van der Waals surface area contributed by atoms with E-state index in [1.807, 2.05) is 0 Å². The molecule has 0 spiro atoms. The van der Waals surface area contributed by atoms with Crippen molar-refractivity contribution in [2.45, 2.75) is 77.4 Å². The minimum absolute atomic E-state index is 0.0100. The number of aliphatic hydroxyl groups is 1. The zero-order chi connectivity index (χ0) is 36.6. The van der Waals surface area contributed by atoms with E-state index in [-0.39, 0.29) is 29.9 Å². The van der Waals surface area contributed by atoms with E-state index in [1.54, 1.807) is 17.9 Å². The predicted octanol–water partition coefficient (Wildman–Crippen LogP) is 8.95. The summed E-state index contributed by atoms with van der Waals surface area (Å²) in [7, 11) is -0.774. The third-order valence-electron chi connectivity index (χ3n) is 8.98. The quantitative estimate of drug-likeness (QED) is 0.130. The van der Waals surface area contributed by atoms with Gasteiger partial charge in [-0.2, -0.15) is 26.3 Å². The Bertz CT molecular complexity index is 1600. The fraction of sp³-hybridized carbons (Fsp3) is 0.471. The van der Waals surface area contributed by atoms with E-state index in [0.717, 1.165) is 4.90 Å². The number of alkyl halides is 6. The molecule has 3 rings (SSSR count). The second-order valence-electron chi connectivity index (χ2n) is 13.8. The highest BCUT2D eigenvalue weighted by molar-refractivity contribution is 6.74. The third kappa shape index (κ3) is 8.56. The molecular formula is C34H42F7N3O3Si. The molecule has 1 heterocycles. The lowest BCUT2D eigenvalue weighted by molar-refractivity contribution is -0.143. The van der Waals surface area contributed by atoms with Gasteiger partial charge >= 0.3 is 12.4 Å². The summed E-state index contributed by atoms with van der Waals surface area (Å²) in [5.41, 5.74) is -3.93. The number of anilines is 2. The molecule has 1 aromatic heterocycles. The largest absolute Gasteiger partial charge is 0.416 e. The molecule has 48 heavy (non-hydrogen) atoms. The Kier molecular flexibility index (Phi) is 11.2. The first-order chi connectivity index (χ1) is 21.8. The molecule has 0 aliphatic heterocycles. The minimum Gasteiger partial charge on any atom is -0.415 e. The number of halogens is 7. The number of benzene rings is 2. The number of likely N-dealkylation sites (N-methyl/N-ethyl adjacent to an activating group) is 1. The number of aromatic nitrogens is 1. The molecule has 0 aliphatic carbocycles. The van der Waals surface area contributed by atoms with Crippen LogP contribution in [0.1, 0.15) is 56.9 Å². The zero-order valence-electron chi connectivity index (χ0n) is 28.5. The van der Waals surface area contributed by atoms with Gasteiger partial charge in [-0.15, -0.1) is 0 Å². The van der Waals surface area contributed by atoms with E-state index in [1.165, 1.54) is 45.3 Å². The van der Waals surface area contributed by atoms with Crippen LogP contribution in [0, 0.1) is 12.7 Å². The second kappa shape index (κ2) is 13.8. The summed E-state index contributed by atoms with van der Waals surface area (Å²) >= 11 is 0. The van der Waals surface area contributed by atoms with Crippen molar-refractivity contribution in [3.63, 3.8) is 0 Å². The molecule has 0 fully saturated rings. The molecule has 6 nitrogen and oxygen atoms in total. The summed E-state index contributed by atoms with van der Waals surface area (Å²) in [6, 6.07) is 6.66. The van der Waals surface area contributed by atoms with E-state index in [2.05, 4.69) is 38.8 Å². The van der Waals surface area contributed by atoms with Gasteiger partial charge in [-0.05, 0) is 92.0 Å². The van der Waals surface area contributed by atoms with Crippen LogP contribution in [0.4, 0.5) is 42.2 Å². The lowest BCUT2D eigenvalue weighted by atomic mass is 9.81. The molecule has 1 N–H and O–H groups in total. The number of carbonyl (C=O) groups is 1. The number of hydrogen-bond acceptors (Lipinski definition) is 5. The van der Waals surface area contributed by atoms with E-state index in [9.17, 15) is 40.6 Å².